The minimum absolute atomic E-state index is 0.111. The van der Waals surface area contributed by atoms with Crippen LogP contribution >= 0.6 is 0 Å². The van der Waals surface area contributed by atoms with E-state index in [4.69, 9.17) is 0 Å². The highest BCUT2D eigenvalue weighted by Gasteiger charge is 2.60. The van der Waals surface area contributed by atoms with Crippen LogP contribution in [0.1, 0.15) is 40.0 Å². The molecule has 2 heteroatoms. The zero-order chi connectivity index (χ0) is 8.98. The van der Waals surface area contributed by atoms with E-state index in [1.54, 1.807) is 0 Å². The quantitative estimate of drug-likeness (QED) is 0.495. The maximum absolute atomic E-state index is 10.6. The summed E-state index contributed by atoms with van der Waals surface area (Å²) in [6.07, 6.45) is 3.39. The second-order valence-electron chi connectivity index (χ2n) is 5.03. The highest BCUT2D eigenvalue weighted by molar-refractivity contribution is 5.93. The van der Waals surface area contributed by atoms with Gasteiger partial charge in [-0.1, -0.05) is 20.8 Å². The van der Waals surface area contributed by atoms with E-state index in [0.29, 0.717) is 11.3 Å². The Hall–Kier alpha value is -0.530. The lowest BCUT2D eigenvalue weighted by molar-refractivity contribution is 0.177. The molecule has 2 aliphatic carbocycles. The second kappa shape index (κ2) is 2.04. The molecule has 67 valence electrons. The first kappa shape index (κ1) is 8.09. The van der Waals surface area contributed by atoms with E-state index in [2.05, 4.69) is 25.9 Å². The maximum Gasteiger partial charge on any atom is 0.0691 e. The van der Waals surface area contributed by atoms with Crippen molar-refractivity contribution < 1.29 is 5.21 Å². The topological polar surface area (TPSA) is 32.3 Å². The molecule has 2 fully saturated rings. The van der Waals surface area contributed by atoms with Crippen LogP contribution in [-0.2, 0) is 5.21 Å². The Morgan fingerprint density at radius 2 is 2.08 bits per heavy atom. The molecule has 2 aliphatic rings. The summed E-state index contributed by atoms with van der Waals surface area (Å²) in [4.78, 5) is 0. The summed E-state index contributed by atoms with van der Waals surface area (Å²) < 4.78 is 0. The highest BCUT2D eigenvalue weighted by Crippen LogP contribution is 2.63. The van der Waals surface area contributed by atoms with Gasteiger partial charge < -0.3 is 0 Å². The average molecular weight is 166 g/mol. The number of hydrogen-bond acceptors (Lipinski definition) is 1. The Morgan fingerprint density at radius 1 is 1.42 bits per heavy atom. The van der Waals surface area contributed by atoms with Gasteiger partial charge in [0.05, 0.1) is 5.71 Å². The summed E-state index contributed by atoms with van der Waals surface area (Å²) in [6.45, 7) is 6.77. The average Bonchev–Trinajstić information content (AvgIpc) is 2.34. The van der Waals surface area contributed by atoms with Crippen LogP contribution in [0.15, 0.2) is 5.16 Å². The van der Waals surface area contributed by atoms with Gasteiger partial charge in [0.2, 0.25) is 0 Å². The Bertz CT molecular complexity index is 244. The lowest BCUT2D eigenvalue weighted by atomic mass is 9.70. The molecule has 2 rings (SSSR count). The van der Waals surface area contributed by atoms with Crippen molar-refractivity contribution in [3.63, 3.8) is 0 Å². The molecular formula is C10H16NO. The molecule has 0 heterocycles. The van der Waals surface area contributed by atoms with Gasteiger partial charge in [0.1, 0.15) is 0 Å². The molecule has 0 N–H and O–H groups in total. The second-order valence-corrected chi connectivity index (χ2v) is 5.03. The molecule has 0 aliphatic heterocycles. The van der Waals surface area contributed by atoms with E-state index in [0.717, 1.165) is 18.6 Å². The largest absolute Gasteiger partial charge is 0.145 e. The first-order chi connectivity index (χ1) is 5.52. The van der Waals surface area contributed by atoms with E-state index < -0.39 is 0 Å². The van der Waals surface area contributed by atoms with Crippen molar-refractivity contribution in [1.29, 1.82) is 0 Å². The van der Waals surface area contributed by atoms with Gasteiger partial charge in [-0.25, -0.2) is 0 Å². The molecule has 0 spiro atoms. The third-order valence-electron chi connectivity index (χ3n) is 4.62. The maximum atomic E-state index is 10.6. The smallest absolute Gasteiger partial charge is 0.0691 e. The van der Waals surface area contributed by atoms with Gasteiger partial charge in [-0.2, -0.15) is 0 Å². The normalized spacial score (nSPS) is 47.2. The van der Waals surface area contributed by atoms with Crippen LogP contribution in [0.4, 0.5) is 0 Å². The van der Waals surface area contributed by atoms with Crippen LogP contribution in [0.5, 0.6) is 0 Å². The summed E-state index contributed by atoms with van der Waals surface area (Å²) in [5.41, 5.74) is 1.33. The predicted molar refractivity (Wildman–Crippen MR) is 47.4 cm³/mol. The van der Waals surface area contributed by atoms with Gasteiger partial charge in [-0.05, 0) is 35.8 Å². The summed E-state index contributed by atoms with van der Waals surface area (Å²) in [7, 11) is 0. The fourth-order valence-electron chi connectivity index (χ4n) is 3.07. The van der Waals surface area contributed by atoms with Gasteiger partial charge in [0, 0.05) is 5.41 Å². The number of nitrogens with zero attached hydrogens (tertiary/aromatic N) is 1. The third-order valence-corrected chi connectivity index (χ3v) is 4.62. The summed E-state index contributed by atoms with van der Waals surface area (Å²) in [5, 5.41) is 13.8. The monoisotopic (exact) mass is 166 g/mol. The van der Waals surface area contributed by atoms with Gasteiger partial charge in [0.25, 0.3) is 0 Å². The zero-order valence-corrected chi connectivity index (χ0v) is 8.05. The lowest BCUT2D eigenvalue weighted by Crippen LogP contribution is -2.32. The van der Waals surface area contributed by atoms with Gasteiger partial charge in [-0.3, -0.25) is 0 Å². The first-order valence-corrected chi connectivity index (χ1v) is 4.72. The van der Waals surface area contributed by atoms with E-state index >= 15 is 0 Å². The molecule has 0 aromatic rings. The van der Waals surface area contributed by atoms with Crippen molar-refractivity contribution in [2.45, 2.75) is 40.0 Å². The summed E-state index contributed by atoms with van der Waals surface area (Å²) >= 11 is 0. The van der Waals surface area contributed by atoms with Crippen molar-refractivity contribution in [1.82, 2.24) is 0 Å². The van der Waals surface area contributed by atoms with Crippen LogP contribution in [-0.4, -0.2) is 5.71 Å². The summed E-state index contributed by atoms with van der Waals surface area (Å²) in [5.74, 6) is 0.704. The fourth-order valence-corrected chi connectivity index (χ4v) is 3.07. The van der Waals surface area contributed by atoms with Crippen LogP contribution < -0.4 is 0 Å². The molecular weight excluding hydrogens is 150 g/mol. The number of fused-ring (bicyclic) bond motifs is 2. The standard InChI is InChI=1S/C10H16NO/c1-9(2)7-4-5-10(9,3)8(6-7)11-12/h7H,4-6H2,1-3H3/b11-8+/t7-,10+/m1/s1. The first-order valence-electron chi connectivity index (χ1n) is 4.72. The van der Waals surface area contributed by atoms with Gasteiger partial charge in [0.15, 0.2) is 0 Å². The van der Waals surface area contributed by atoms with Crippen molar-refractivity contribution in [3.05, 3.63) is 0 Å². The Morgan fingerprint density at radius 3 is 2.33 bits per heavy atom. The SMILES string of the molecule is CC1(C)[C@@H]2CC[C@@]1(C)/C(=N/[O])C2. The molecule has 1 radical (unpaired) electrons. The van der Waals surface area contributed by atoms with Crippen molar-refractivity contribution in [2.75, 3.05) is 0 Å². The molecule has 0 saturated heterocycles. The lowest BCUT2D eigenvalue weighted by Gasteiger charge is -2.33. The van der Waals surface area contributed by atoms with E-state index in [1.165, 1.54) is 6.42 Å². The fraction of sp³-hybridized carbons (Fsp3) is 0.900. The van der Waals surface area contributed by atoms with Gasteiger partial charge in [-0.15, -0.1) is 5.21 Å². The Labute approximate surface area is 73.7 Å². The Kier molecular flexibility index (Phi) is 1.37. The molecule has 2 saturated carbocycles. The minimum Gasteiger partial charge on any atom is -0.145 e. The van der Waals surface area contributed by atoms with Crippen LogP contribution in [0.2, 0.25) is 0 Å². The van der Waals surface area contributed by atoms with Crippen LogP contribution in [0.25, 0.3) is 0 Å². The molecule has 0 amide bonds. The molecule has 0 aromatic heterocycles. The van der Waals surface area contributed by atoms with Crippen molar-refractivity contribution >= 4 is 5.71 Å². The van der Waals surface area contributed by atoms with Gasteiger partial charge >= 0.3 is 0 Å². The van der Waals surface area contributed by atoms with E-state index in [9.17, 15) is 5.21 Å². The van der Waals surface area contributed by atoms with Crippen molar-refractivity contribution in [2.24, 2.45) is 21.9 Å². The number of rotatable bonds is 0. The highest BCUT2D eigenvalue weighted by atomic mass is 16.4. The molecule has 0 aromatic carbocycles. The van der Waals surface area contributed by atoms with E-state index in [-0.39, 0.29) is 5.41 Å². The van der Waals surface area contributed by atoms with Crippen LogP contribution in [0.3, 0.4) is 0 Å². The third kappa shape index (κ3) is 0.644. The van der Waals surface area contributed by atoms with E-state index in [1.807, 2.05) is 0 Å². The predicted octanol–water partition coefficient (Wildman–Crippen LogP) is 2.62. The molecule has 2 bridgehead atoms. The van der Waals surface area contributed by atoms with Crippen molar-refractivity contribution in [3.8, 4) is 0 Å². The molecule has 2 nitrogen and oxygen atoms in total. The summed E-state index contributed by atoms with van der Waals surface area (Å²) in [6, 6.07) is 0. The number of hydrogen-bond donors (Lipinski definition) is 0. The molecule has 12 heavy (non-hydrogen) atoms. The minimum atomic E-state index is 0.111. The van der Waals surface area contributed by atoms with Crippen LogP contribution in [0, 0.1) is 16.7 Å². The molecule has 0 unspecified atom stereocenters. The zero-order valence-electron chi connectivity index (χ0n) is 8.05. The Balaban J connectivity index is 2.46. The molecule has 2 atom stereocenters.